The Labute approximate surface area is 127 Å². The fourth-order valence-corrected chi connectivity index (χ4v) is 2.32. The maximum absolute atomic E-state index is 11.5. The number of urea groups is 1. The van der Waals surface area contributed by atoms with Crippen LogP contribution >= 0.6 is 11.8 Å². The summed E-state index contributed by atoms with van der Waals surface area (Å²) in [6.07, 6.45) is 0. The van der Waals surface area contributed by atoms with E-state index in [0.717, 1.165) is 16.0 Å². The Morgan fingerprint density at radius 2 is 1.95 bits per heavy atom. The Kier molecular flexibility index (Phi) is 6.74. The zero-order valence-corrected chi connectivity index (χ0v) is 13.0. The Morgan fingerprint density at radius 1 is 1.24 bits per heavy atom. The van der Waals surface area contributed by atoms with Crippen molar-refractivity contribution in [3.63, 3.8) is 0 Å². The Morgan fingerprint density at radius 3 is 2.57 bits per heavy atom. The number of rotatable bonds is 5. The molecule has 0 aliphatic heterocycles. The number of hydrogen-bond donors (Lipinski definition) is 2. The van der Waals surface area contributed by atoms with Gasteiger partial charge in [0.15, 0.2) is 6.61 Å². The van der Waals surface area contributed by atoms with Crippen LogP contribution < -0.4 is 10.6 Å². The van der Waals surface area contributed by atoms with Gasteiger partial charge in [-0.3, -0.25) is 14.9 Å². The molecule has 21 heavy (non-hydrogen) atoms. The fraction of sp³-hybridized carbons (Fsp3) is 0.357. The van der Waals surface area contributed by atoms with E-state index in [-0.39, 0.29) is 5.75 Å². The van der Waals surface area contributed by atoms with Crippen molar-refractivity contribution in [2.45, 2.75) is 18.7 Å². The first-order chi connectivity index (χ1) is 9.92. The summed E-state index contributed by atoms with van der Waals surface area (Å²) < 4.78 is 4.78. The van der Waals surface area contributed by atoms with E-state index in [1.54, 1.807) is 0 Å². The van der Waals surface area contributed by atoms with Gasteiger partial charge in [0.25, 0.3) is 5.91 Å². The van der Waals surface area contributed by atoms with E-state index in [1.807, 2.05) is 37.4 Å². The van der Waals surface area contributed by atoms with Gasteiger partial charge < -0.3 is 10.1 Å². The number of ether oxygens (including phenoxy) is 1. The number of imide groups is 1. The van der Waals surface area contributed by atoms with Gasteiger partial charge in [-0.25, -0.2) is 4.79 Å². The molecule has 114 valence electrons. The minimum Gasteiger partial charge on any atom is -0.455 e. The molecule has 1 rings (SSSR count). The molecular weight excluding hydrogens is 292 g/mol. The SMILES string of the molecule is CNC(=O)NC(=O)COC(=O)CSc1ccc(C)cc1C. The number of amides is 3. The normalized spacial score (nSPS) is 9.86. The van der Waals surface area contributed by atoms with Crippen molar-refractivity contribution in [1.82, 2.24) is 10.6 Å². The molecule has 1 aromatic carbocycles. The zero-order valence-electron chi connectivity index (χ0n) is 12.2. The molecule has 0 aliphatic rings. The number of esters is 1. The third-order valence-corrected chi connectivity index (χ3v) is 3.67. The van der Waals surface area contributed by atoms with Crippen LogP contribution in [0.3, 0.4) is 0 Å². The predicted molar refractivity (Wildman–Crippen MR) is 80.2 cm³/mol. The van der Waals surface area contributed by atoms with Crippen LogP contribution in [0.1, 0.15) is 11.1 Å². The molecule has 0 aromatic heterocycles. The van der Waals surface area contributed by atoms with Gasteiger partial charge in [0, 0.05) is 11.9 Å². The topological polar surface area (TPSA) is 84.5 Å². The number of carbonyl (C=O) groups is 3. The third-order valence-electron chi connectivity index (χ3n) is 2.52. The maximum atomic E-state index is 11.5. The highest BCUT2D eigenvalue weighted by atomic mass is 32.2. The molecule has 0 fully saturated rings. The van der Waals surface area contributed by atoms with E-state index in [4.69, 9.17) is 4.74 Å². The monoisotopic (exact) mass is 310 g/mol. The van der Waals surface area contributed by atoms with Gasteiger partial charge in [-0.2, -0.15) is 0 Å². The van der Waals surface area contributed by atoms with Crippen molar-refractivity contribution < 1.29 is 19.1 Å². The summed E-state index contributed by atoms with van der Waals surface area (Å²) >= 11 is 1.35. The lowest BCUT2D eigenvalue weighted by Gasteiger charge is -2.07. The van der Waals surface area contributed by atoms with Crippen LogP contribution in [0.5, 0.6) is 0 Å². The smallest absolute Gasteiger partial charge is 0.321 e. The van der Waals surface area contributed by atoms with Crippen LogP contribution in [0.25, 0.3) is 0 Å². The largest absolute Gasteiger partial charge is 0.455 e. The molecule has 0 saturated heterocycles. The predicted octanol–water partition coefficient (Wildman–Crippen LogP) is 1.39. The molecule has 0 atom stereocenters. The van der Waals surface area contributed by atoms with Crippen LogP contribution in [-0.4, -0.2) is 37.3 Å². The average Bonchev–Trinajstić information content (AvgIpc) is 2.44. The number of nitrogens with one attached hydrogen (secondary N) is 2. The second-order valence-electron chi connectivity index (χ2n) is 4.35. The van der Waals surface area contributed by atoms with Crippen LogP contribution in [0.4, 0.5) is 4.79 Å². The van der Waals surface area contributed by atoms with Crippen LogP contribution in [0.15, 0.2) is 23.1 Å². The van der Waals surface area contributed by atoms with Gasteiger partial charge in [-0.1, -0.05) is 17.7 Å². The lowest BCUT2D eigenvalue weighted by molar-refractivity contribution is -0.145. The Bertz CT molecular complexity index is 546. The van der Waals surface area contributed by atoms with Crippen molar-refractivity contribution in [2.24, 2.45) is 0 Å². The van der Waals surface area contributed by atoms with Crippen molar-refractivity contribution in [2.75, 3.05) is 19.4 Å². The first-order valence-electron chi connectivity index (χ1n) is 6.29. The number of thioether (sulfide) groups is 1. The van der Waals surface area contributed by atoms with Gasteiger partial charge in [0.2, 0.25) is 0 Å². The number of hydrogen-bond acceptors (Lipinski definition) is 5. The molecule has 0 unspecified atom stereocenters. The first-order valence-corrected chi connectivity index (χ1v) is 7.28. The summed E-state index contributed by atoms with van der Waals surface area (Å²) in [5, 5.41) is 4.23. The third kappa shape index (κ3) is 6.31. The van der Waals surface area contributed by atoms with E-state index in [0.29, 0.717) is 0 Å². The molecule has 0 bridgehead atoms. The Balaban J connectivity index is 2.34. The molecule has 3 amide bonds. The summed E-state index contributed by atoms with van der Waals surface area (Å²) in [4.78, 5) is 34.6. The first kappa shape index (κ1) is 17.0. The number of benzene rings is 1. The number of aryl methyl sites for hydroxylation is 2. The van der Waals surface area contributed by atoms with Crippen LogP contribution in [0, 0.1) is 13.8 Å². The van der Waals surface area contributed by atoms with Gasteiger partial charge in [0.1, 0.15) is 0 Å². The molecule has 7 heteroatoms. The summed E-state index contributed by atoms with van der Waals surface area (Å²) in [6.45, 7) is 3.50. The molecule has 1 aromatic rings. The second kappa shape index (κ2) is 8.31. The quantitative estimate of drug-likeness (QED) is 0.634. The van der Waals surface area contributed by atoms with E-state index in [9.17, 15) is 14.4 Å². The Hall–Kier alpha value is -2.02. The highest BCUT2D eigenvalue weighted by Gasteiger charge is 2.11. The van der Waals surface area contributed by atoms with Crippen molar-refractivity contribution in [1.29, 1.82) is 0 Å². The second-order valence-corrected chi connectivity index (χ2v) is 5.36. The van der Waals surface area contributed by atoms with Gasteiger partial charge in [-0.05, 0) is 25.5 Å². The van der Waals surface area contributed by atoms with Crippen molar-refractivity contribution in [3.8, 4) is 0 Å². The van der Waals surface area contributed by atoms with Crippen LogP contribution in [0.2, 0.25) is 0 Å². The molecule has 0 spiro atoms. The standard InChI is InChI=1S/C14H18N2O4S/c1-9-4-5-11(10(2)6-9)21-8-13(18)20-7-12(17)16-14(19)15-3/h4-6H,7-8H2,1-3H3,(H2,15,16,17,19). The lowest BCUT2D eigenvalue weighted by Crippen LogP contribution is -2.39. The van der Waals surface area contributed by atoms with E-state index in [1.165, 1.54) is 18.8 Å². The van der Waals surface area contributed by atoms with Crippen LogP contribution in [-0.2, 0) is 14.3 Å². The van der Waals surface area contributed by atoms with Gasteiger partial charge >= 0.3 is 12.0 Å². The highest BCUT2D eigenvalue weighted by molar-refractivity contribution is 8.00. The van der Waals surface area contributed by atoms with Gasteiger partial charge in [-0.15, -0.1) is 11.8 Å². The molecule has 0 aliphatic carbocycles. The summed E-state index contributed by atoms with van der Waals surface area (Å²) in [6, 6.07) is 5.31. The van der Waals surface area contributed by atoms with Crippen molar-refractivity contribution >= 4 is 29.7 Å². The van der Waals surface area contributed by atoms with Crippen molar-refractivity contribution in [3.05, 3.63) is 29.3 Å². The molecule has 0 heterocycles. The molecule has 0 saturated carbocycles. The molecular formula is C14H18N2O4S. The minimum atomic E-state index is -0.667. The summed E-state index contributed by atoms with van der Waals surface area (Å²) in [5.74, 6) is -1.07. The zero-order chi connectivity index (χ0) is 15.8. The highest BCUT2D eigenvalue weighted by Crippen LogP contribution is 2.23. The minimum absolute atomic E-state index is 0.108. The molecule has 6 nitrogen and oxygen atoms in total. The van der Waals surface area contributed by atoms with E-state index < -0.39 is 24.5 Å². The fourth-order valence-electron chi connectivity index (χ4n) is 1.51. The maximum Gasteiger partial charge on any atom is 0.321 e. The summed E-state index contributed by atoms with van der Waals surface area (Å²) in [7, 11) is 1.38. The average molecular weight is 310 g/mol. The van der Waals surface area contributed by atoms with E-state index >= 15 is 0 Å². The number of carbonyl (C=O) groups excluding carboxylic acids is 3. The molecule has 0 radical (unpaired) electrons. The summed E-state index contributed by atoms with van der Waals surface area (Å²) in [5.41, 5.74) is 2.25. The lowest BCUT2D eigenvalue weighted by atomic mass is 10.2. The molecule has 2 N–H and O–H groups in total. The van der Waals surface area contributed by atoms with E-state index in [2.05, 4.69) is 5.32 Å². The van der Waals surface area contributed by atoms with Gasteiger partial charge in [0.05, 0.1) is 5.75 Å².